The van der Waals surface area contributed by atoms with Crippen LogP contribution in [0.25, 0.3) is 0 Å². The molecule has 0 amide bonds. The van der Waals surface area contributed by atoms with Crippen molar-refractivity contribution >= 4 is 5.97 Å². The molecule has 0 aromatic heterocycles. The van der Waals surface area contributed by atoms with Crippen molar-refractivity contribution in [3.63, 3.8) is 0 Å². The summed E-state index contributed by atoms with van der Waals surface area (Å²) in [6.07, 6.45) is 20.6. The zero-order valence-electron chi connectivity index (χ0n) is 29.7. The van der Waals surface area contributed by atoms with E-state index in [2.05, 4.69) is 39.1 Å². The van der Waals surface area contributed by atoms with E-state index < -0.39 is 0 Å². The maximum absolute atomic E-state index is 12.4. The van der Waals surface area contributed by atoms with Crippen LogP contribution in [0.5, 0.6) is 5.75 Å². The first-order chi connectivity index (χ1) is 22.3. The summed E-state index contributed by atoms with van der Waals surface area (Å²) in [5.74, 6) is 5.25. The minimum absolute atomic E-state index is 0.217. The summed E-state index contributed by atoms with van der Waals surface area (Å²) in [6.45, 7) is 16.0. The molecule has 4 rings (SSSR count). The summed E-state index contributed by atoms with van der Waals surface area (Å²) >= 11 is 0. The topological polar surface area (TPSA) is 54.0 Å². The monoisotopic (exact) mass is 636 g/mol. The lowest BCUT2D eigenvalue weighted by molar-refractivity contribution is -0.130. The normalized spacial score (nSPS) is 27.5. The van der Waals surface area contributed by atoms with Gasteiger partial charge in [0.15, 0.2) is 0 Å². The third-order valence-electron chi connectivity index (χ3n) is 11.3. The highest BCUT2D eigenvalue weighted by molar-refractivity contribution is 5.88. The SMILES string of the molecule is C=C(C)C(=O)Oc1ccc(C2CCC(OCCCCOC(=C)C(C)COC)CC2)c(C2CCC(C3CCC(CCC)CC3)CC2)c1. The molecule has 0 spiro atoms. The number of unbranched alkanes of at least 4 members (excludes halogenated alkanes) is 1. The predicted molar refractivity (Wildman–Crippen MR) is 188 cm³/mol. The second-order valence-corrected chi connectivity index (χ2v) is 14.9. The highest BCUT2D eigenvalue weighted by Gasteiger charge is 2.33. The van der Waals surface area contributed by atoms with Crippen LogP contribution in [-0.4, -0.2) is 39.0 Å². The van der Waals surface area contributed by atoms with Crippen molar-refractivity contribution in [3.8, 4) is 5.75 Å². The minimum atomic E-state index is -0.337. The third-order valence-corrected chi connectivity index (χ3v) is 11.3. The molecule has 0 heterocycles. The van der Waals surface area contributed by atoms with Crippen LogP contribution >= 0.6 is 0 Å². The summed E-state index contributed by atoms with van der Waals surface area (Å²) in [7, 11) is 1.71. The van der Waals surface area contributed by atoms with Crippen LogP contribution in [0.1, 0.15) is 146 Å². The van der Waals surface area contributed by atoms with Gasteiger partial charge in [0.25, 0.3) is 0 Å². The highest BCUT2D eigenvalue weighted by atomic mass is 16.5. The van der Waals surface area contributed by atoms with E-state index in [0.29, 0.717) is 42.5 Å². The van der Waals surface area contributed by atoms with Crippen molar-refractivity contribution in [2.45, 2.75) is 141 Å². The van der Waals surface area contributed by atoms with Crippen LogP contribution in [0, 0.1) is 23.7 Å². The number of carbonyl (C=O) groups excluding carboxylic acids is 1. The van der Waals surface area contributed by atoms with Gasteiger partial charge in [-0.25, -0.2) is 4.79 Å². The van der Waals surface area contributed by atoms with Gasteiger partial charge in [-0.2, -0.15) is 0 Å². The van der Waals surface area contributed by atoms with Gasteiger partial charge in [-0.3, -0.25) is 0 Å². The number of esters is 1. The van der Waals surface area contributed by atoms with Gasteiger partial charge in [0.05, 0.1) is 25.1 Å². The minimum Gasteiger partial charge on any atom is -0.498 e. The van der Waals surface area contributed by atoms with E-state index in [1.165, 1.54) is 75.3 Å². The van der Waals surface area contributed by atoms with Gasteiger partial charge >= 0.3 is 5.97 Å². The van der Waals surface area contributed by atoms with E-state index in [1.807, 2.05) is 6.07 Å². The number of rotatable bonds is 17. The standard InChI is InChI=1S/C41H64O5/c1-7-10-32-11-13-33(14-12-32)34-15-17-36(18-16-34)40-27-38(46-41(42)29(2)3)23-24-39(40)35-19-21-37(22-20-35)45-26-9-8-25-44-31(5)30(4)28-43-6/h23-24,27,30,32-37H,2,5,7-22,25-26,28H2,1,3-4,6H3. The summed E-state index contributed by atoms with van der Waals surface area (Å²) in [5.41, 5.74) is 3.35. The molecule has 3 aliphatic carbocycles. The molecule has 3 aliphatic rings. The Hall–Kier alpha value is -2.11. The molecule has 0 N–H and O–H groups in total. The van der Waals surface area contributed by atoms with E-state index in [0.717, 1.165) is 68.6 Å². The first kappa shape index (κ1) is 36.7. The second kappa shape index (κ2) is 19.0. The molecule has 3 saturated carbocycles. The summed E-state index contributed by atoms with van der Waals surface area (Å²) < 4.78 is 23.0. The lowest BCUT2D eigenvalue weighted by Crippen LogP contribution is -2.26. The van der Waals surface area contributed by atoms with E-state index in [9.17, 15) is 4.79 Å². The molecule has 0 radical (unpaired) electrons. The van der Waals surface area contributed by atoms with Crippen LogP contribution in [0.15, 0.2) is 42.7 Å². The quantitative estimate of drug-likeness (QED) is 0.0560. The molecule has 0 saturated heterocycles. The number of hydrogen-bond donors (Lipinski definition) is 0. The Balaban J connectivity index is 1.28. The number of benzene rings is 1. The molecule has 0 bridgehead atoms. The van der Waals surface area contributed by atoms with Crippen LogP contribution in [-0.2, 0) is 19.0 Å². The van der Waals surface area contributed by atoms with Crippen molar-refractivity contribution in [2.75, 3.05) is 26.9 Å². The fraction of sp³-hybridized carbons (Fsp3) is 0.732. The van der Waals surface area contributed by atoms with E-state index in [-0.39, 0.29) is 11.9 Å². The van der Waals surface area contributed by atoms with Crippen molar-refractivity contribution in [1.82, 2.24) is 0 Å². The van der Waals surface area contributed by atoms with Gasteiger partial charge in [0.1, 0.15) is 5.75 Å². The molecular formula is C41H64O5. The molecule has 3 fully saturated rings. The smallest absolute Gasteiger partial charge is 0.338 e. The van der Waals surface area contributed by atoms with Crippen LogP contribution in [0.4, 0.5) is 0 Å². The molecule has 0 aliphatic heterocycles. The van der Waals surface area contributed by atoms with Crippen LogP contribution in [0.2, 0.25) is 0 Å². The number of methoxy groups -OCH3 is 1. The molecule has 1 unspecified atom stereocenters. The van der Waals surface area contributed by atoms with Gasteiger partial charge < -0.3 is 18.9 Å². The molecule has 1 atom stereocenters. The summed E-state index contributed by atoms with van der Waals surface area (Å²) in [6, 6.07) is 6.48. The summed E-state index contributed by atoms with van der Waals surface area (Å²) in [5, 5.41) is 0. The lowest BCUT2D eigenvalue weighted by Gasteiger charge is -2.39. The van der Waals surface area contributed by atoms with Crippen LogP contribution in [0.3, 0.4) is 0 Å². The van der Waals surface area contributed by atoms with E-state index in [1.54, 1.807) is 14.0 Å². The average Bonchev–Trinajstić information content (AvgIpc) is 3.07. The van der Waals surface area contributed by atoms with Gasteiger partial charge in [-0.05, 0) is 137 Å². The first-order valence-electron chi connectivity index (χ1n) is 18.7. The third kappa shape index (κ3) is 11.0. The number of hydrogen-bond acceptors (Lipinski definition) is 5. The Morgan fingerprint density at radius 2 is 1.46 bits per heavy atom. The van der Waals surface area contributed by atoms with Gasteiger partial charge in [-0.1, -0.05) is 58.8 Å². The molecule has 5 nitrogen and oxygen atoms in total. The van der Waals surface area contributed by atoms with E-state index >= 15 is 0 Å². The van der Waals surface area contributed by atoms with E-state index in [4.69, 9.17) is 18.9 Å². The Kier molecular flexibility index (Phi) is 15.2. The lowest BCUT2D eigenvalue weighted by atomic mass is 9.67. The Bertz CT molecular complexity index is 1090. The van der Waals surface area contributed by atoms with Gasteiger partial charge in [-0.15, -0.1) is 0 Å². The Morgan fingerprint density at radius 3 is 2.09 bits per heavy atom. The zero-order valence-corrected chi connectivity index (χ0v) is 29.7. The molecule has 46 heavy (non-hydrogen) atoms. The Morgan fingerprint density at radius 1 is 0.848 bits per heavy atom. The van der Waals surface area contributed by atoms with Gasteiger partial charge in [0.2, 0.25) is 0 Å². The van der Waals surface area contributed by atoms with Crippen molar-refractivity contribution in [2.24, 2.45) is 23.7 Å². The highest BCUT2D eigenvalue weighted by Crippen LogP contribution is 2.47. The average molecular weight is 637 g/mol. The largest absolute Gasteiger partial charge is 0.498 e. The van der Waals surface area contributed by atoms with Crippen molar-refractivity contribution < 1.29 is 23.7 Å². The van der Waals surface area contributed by atoms with Crippen molar-refractivity contribution in [3.05, 3.63) is 53.8 Å². The fourth-order valence-corrected chi connectivity index (χ4v) is 8.48. The molecule has 5 heteroatoms. The molecule has 1 aromatic rings. The zero-order chi connectivity index (χ0) is 32.9. The first-order valence-corrected chi connectivity index (χ1v) is 18.7. The maximum atomic E-state index is 12.4. The second-order valence-electron chi connectivity index (χ2n) is 14.9. The van der Waals surface area contributed by atoms with Crippen LogP contribution < -0.4 is 4.74 Å². The van der Waals surface area contributed by atoms with Crippen molar-refractivity contribution in [1.29, 1.82) is 0 Å². The van der Waals surface area contributed by atoms with Gasteiger partial charge in [0, 0.05) is 25.2 Å². The Labute approximate surface area is 280 Å². The molecule has 258 valence electrons. The number of carbonyl (C=O) groups is 1. The fourth-order valence-electron chi connectivity index (χ4n) is 8.48. The number of ether oxygens (including phenoxy) is 4. The molecule has 1 aromatic carbocycles. The maximum Gasteiger partial charge on any atom is 0.338 e. The molecular weight excluding hydrogens is 572 g/mol. The predicted octanol–water partition coefficient (Wildman–Crippen LogP) is 10.7. The summed E-state index contributed by atoms with van der Waals surface area (Å²) in [4.78, 5) is 12.4.